The molecule has 0 radical (unpaired) electrons. The predicted molar refractivity (Wildman–Crippen MR) is 108 cm³/mol. The second-order valence-electron chi connectivity index (χ2n) is 7.61. The SMILES string of the molecule is COc1cc2nc(C)cc(N[C@H](C)c3cccc(C(F)F)c3F)c2cc1C1CC1. The number of methoxy groups -OCH3 is 1. The summed E-state index contributed by atoms with van der Waals surface area (Å²) in [5.41, 5.74) is 3.16. The maximum Gasteiger partial charge on any atom is 0.266 e. The molecule has 1 atom stereocenters. The number of nitrogens with zero attached hydrogens (tertiary/aromatic N) is 1. The minimum absolute atomic E-state index is 0.210. The third kappa shape index (κ3) is 3.76. The average Bonchev–Trinajstić information content (AvgIpc) is 3.51. The van der Waals surface area contributed by atoms with Crippen molar-refractivity contribution < 1.29 is 17.9 Å². The Bertz CT molecular complexity index is 1060. The molecule has 3 nitrogen and oxygen atoms in total. The van der Waals surface area contributed by atoms with E-state index in [2.05, 4.69) is 16.4 Å². The number of pyridine rings is 1. The molecule has 1 heterocycles. The van der Waals surface area contributed by atoms with Crippen molar-refractivity contribution in [2.45, 2.75) is 45.1 Å². The van der Waals surface area contributed by atoms with Gasteiger partial charge in [0, 0.05) is 28.4 Å². The summed E-state index contributed by atoms with van der Waals surface area (Å²) in [5.74, 6) is 0.451. The van der Waals surface area contributed by atoms with Crippen LogP contribution in [0.1, 0.15) is 60.5 Å². The number of rotatable bonds is 6. The topological polar surface area (TPSA) is 34.1 Å². The number of anilines is 1. The molecule has 1 N–H and O–H groups in total. The number of alkyl halides is 2. The van der Waals surface area contributed by atoms with Gasteiger partial charge in [0.25, 0.3) is 6.43 Å². The average molecular weight is 400 g/mol. The Hall–Kier alpha value is -2.76. The van der Waals surface area contributed by atoms with Crippen molar-refractivity contribution in [3.8, 4) is 5.75 Å². The van der Waals surface area contributed by atoms with Gasteiger partial charge in [-0.25, -0.2) is 13.2 Å². The molecule has 29 heavy (non-hydrogen) atoms. The standard InChI is InChI=1S/C23H23F3N2O/c1-12-9-19(28-13(2)15-5-4-6-16(22(15)24)23(25)26)18-10-17(14-7-8-14)21(29-3)11-20(18)27-12/h4-6,9-11,13-14,23H,7-8H2,1-3H3,(H,27,28)/t13-/m1/s1. The molecular weight excluding hydrogens is 377 g/mol. The van der Waals surface area contributed by atoms with Gasteiger partial charge in [0.05, 0.1) is 24.2 Å². The van der Waals surface area contributed by atoms with Crippen molar-refractivity contribution in [3.05, 3.63) is 64.6 Å². The van der Waals surface area contributed by atoms with E-state index >= 15 is 0 Å². The lowest BCUT2D eigenvalue weighted by atomic mass is 10.0. The fourth-order valence-corrected chi connectivity index (χ4v) is 3.79. The van der Waals surface area contributed by atoms with Gasteiger partial charge in [-0.3, -0.25) is 4.98 Å². The van der Waals surface area contributed by atoms with E-state index < -0.39 is 23.8 Å². The Balaban J connectivity index is 1.76. The van der Waals surface area contributed by atoms with Crippen LogP contribution in [0, 0.1) is 12.7 Å². The van der Waals surface area contributed by atoms with Crippen molar-refractivity contribution in [3.63, 3.8) is 0 Å². The van der Waals surface area contributed by atoms with Gasteiger partial charge in [-0.05, 0) is 50.3 Å². The number of hydrogen-bond acceptors (Lipinski definition) is 3. The van der Waals surface area contributed by atoms with Crippen LogP contribution in [0.4, 0.5) is 18.9 Å². The van der Waals surface area contributed by atoms with Gasteiger partial charge in [0.1, 0.15) is 11.6 Å². The molecule has 0 bridgehead atoms. The molecule has 1 saturated carbocycles. The summed E-state index contributed by atoms with van der Waals surface area (Å²) in [6, 6.07) is 9.54. The third-order valence-electron chi connectivity index (χ3n) is 5.44. The van der Waals surface area contributed by atoms with Crippen LogP contribution in [0.15, 0.2) is 36.4 Å². The monoisotopic (exact) mass is 400 g/mol. The van der Waals surface area contributed by atoms with E-state index in [9.17, 15) is 13.2 Å². The summed E-state index contributed by atoms with van der Waals surface area (Å²) in [5, 5.41) is 4.22. The van der Waals surface area contributed by atoms with E-state index in [1.54, 1.807) is 14.0 Å². The first kappa shape index (κ1) is 19.6. The number of halogens is 3. The fourth-order valence-electron chi connectivity index (χ4n) is 3.79. The Morgan fingerprint density at radius 1 is 1.14 bits per heavy atom. The maximum atomic E-state index is 14.6. The molecule has 0 unspecified atom stereocenters. The summed E-state index contributed by atoms with van der Waals surface area (Å²) in [4.78, 5) is 4.61. The number of ether oxygens (including phenoxy) is 1. The molecule has 0 amide bonds. The van der Waals surface area contributed by atoms with E-state index in [0.717, 1.165) is 52.5 Å². The van der Waals surface area contributed by atoms with E-state index in [1.807, 2.05) is 19.1 Å². The molecular formula is C23H23F3N2O. The Morgan fingerprint density at radius 3 is 2.52 bits per heavy atom. The summed E-state index contributed by atoms with van der Waals surface area (Å²) >= 11 is 0. The molecule has 2 aromatic carbocycles. The summed E-state index contributed by atoms with van der Waals surface area (Å²) < 4.78 is 46.3. The highest BCUT2D eigenvalue weighted by Gasteiger charge is 2.28. The normalized spacial score (nSPS) is 15.0. The number of fused-ring (bicyclic) bond motifs is 1. The highest BCUT2D eigenvalue weighted by atomic mass is 19.3. The molecule has 0 saturated heterocycles. The minimum Gasteiger partial charge on any atom is -0.496 e. The lowest BCUT2D eigenvalue weighted by Crippen LogP contribution is -2.11. The molecule has 4 rings (SSSR count). The van der Waals surface area contributed by atoms with Crippen LogP contribution < -0.4 is 10.1 Å². The molecule has 1 aliphatic rings. The lowest BCUT2D eigenvalue weighted by Gasteiger charge is -2.20. The Morgan fingerprint density at radius 2 is 1.86 bits per heavy atom. The lowest BCUT2D eigenvalue weighted by molar-refractivity contribution is 0.146. The van der Waals surface area contributed by atoms with Crippen LogP contribution in [0.3, 0.4) is 0 Å². The molecule has 6 heteroatoms. The van der Waals surface area contributed by atoms with Crippen LogP contribution in [0.2, 0.25) is 0 Å². The second kappa shape index (κ2) is 7.58. The predicted octanol–water partition coefficient (Wildman–Crippen LogP) is 6.68. The first-order chi connectivity index (χ1) is 13.9. The summed E-state index contributed by atoms with van der Waals surface area (Å²) in [6.45, 7) is 3.65. The molecule has 3 aromatic rings. The second-order valence-corrected chi connectivity index (χ2v) is 7.61. The van der Waals surface area contributed by atoms with Crippen LogP contribution in [0.5, 0.6) is 5.75 Å². The summed E-state index contributed by atoms with van der Waals surface area (Å²) in [7, 11) is 1.66. The van der Waals surface area contributed by atoms with Crippen LogP contribution in [-0.2, 0) is 0 Å². The van der Waals surface area contributed by atoms with Crippen molar-refractivity contribution in [2.75, 3.05) is 12.4 Å². The first-order valence-corrected chi connectivity index (χ1v) is 9.71. The smallest absolute Gasteiger partial charge is 0.266 e. The van der Waals surface area contributed by atoms with Crippen LogP contribution in [0.25, 0.3) is 10.9 Å². The zero-order valence-electron chi connectivity index (χ0n) is 16.6. The molecule has 1 aliphatic carbocycles. The van der Waals surface area contributed by atoms with E-state index in [4.69, 9.17) is 4.74 Å². The molecule has 1 aromatic heterocycles. The minimum atomic E-state index is -2.85. The van der Waals surface area contributed by atoms with Crippen molar-refractivity contribution in [1.82, 2.24) is 4.98 Å². The maximum absolute atomic E-state index is 14.6. The third-order valence-corrected chi connectivity index (χ3v) is 5.44. The van der Waals surface area contributed by atoms with Crippen molar-refractivity contribution in [1.29, 1.82) is 0 Å². The highest BCUT2D eigenvalue weighted by molar-refractivity contribution is 5.93. The molecule has 1 fully saturated rings. The summed E-state index contributed by atoms with van der Waals surface area (Å²) in [6.07, 6.45) is -0.586. The number of aryl methyl sites for hydroxylation is 1. The van der Waals surface area contributed by atoms with E-state index in [1.165, 1.54) is 12.1 Å². The van der Waals surface area contributed by atoms with Gasteiger partial charge in [-0.15, -0.1) is 0 Å². The van der Waals surface area contributed by atoms with Gasteiger partial charge in [-0.2, -0.15) is 0 Å². The molecule has 152 valence electrons. The molecule has 0 spiro atoms. The van der Waals surface area contributed by atoms with Crippen molar-refractivity contribution >= 4 is 16.6 Å². The van der Waals surface area contributed by atoms with Gasteiger partial charge in [0.15, 0.2) is 0 Å². The number of benzene rings is 2. The largest absolute Gasteiger partial charge is 0.496 e. The zero-order valence-corrected chi connectivity index (χ0v) is 16.6. The quantitative estimate of drug-likeness (QED) is 0.501. The fraction of sp³-hybridized carbons (Fsp3) is 0.348. The van der Waals surface area contributed by atoms with Crippen molar-refractivity contribution in [2.24, 2.45) is 0 Å². The van der Waals surface area contributed by atoms with Gasteiger partial charge >= 0.3 is 0 Å². The van der Waals surface area contributed by atoms with Gasteiger partial charge in [0.2, 0.25) is 0 Å². The van der Waals surface area contributed by atoms with Crippen LogP contribution in [-0.4, -0.2) is 12.1 Å². The number of hydrogen-bond donors (Lipinski definition) is 1. The zero-order chi connectivity index (χ0) is 20.7. The van der Waals surface area contributed by atoms with Gasteiger partial charge in [-0.1, -0.05) is 18.2 Å². The van der Waals surface area contributed by atoms with Gasteiger partial charge < -0.3 is 10.1 Å². The van der Waals surface area contributed by atoms with E-state index in [0.29, 0.717) is 5.92 Å². The number of nitrogens with one attached hydrogen (secondary N) is 1. The highest BCUT2D eigenvalue weighted by Crippen LogP contribution is 2.46. The Labute approximate surface area is 167 Å². The van der Waals surface area contributed by atoms with E-state index in [-0.39, 0.29) is 5.56 Å². The van der Waals surface area contributed by atoms with Crippen LogP contribution >= 0.6 is 0 Å². The first-order valence-electron chi connectivity index (χ1n) is 9.71. The Kier molecular flexibility index (Phi) is 5.11. The molecule has 0 aliphatic heterocycles. The number of aromatic nitrogens is 1.